The molecule has 1 aliphatic rings. The Bertz CT molecular complexity index is 1580. The Morgan fingerprint density at radius 1 is 1.07 bits per heavy atom. The Labute approximate surface area is 251 Å². The van der Waals surface area contributed by atoms with E-state index in [-0.39, 0.29) is 44.9 Å². The number of sulfonamides is 1. The van der Waals surface area contributed by atoms with Gasteiger partial charge in [0.2, 0.25) is 15.9 Å². The molecule has 1 fully saturated rings. The minimum atomic E-state index is -4.18. The lowest BCUT2D eigenvalue weighted by atomic mass is 9.97. The lowest BCUT2D eigenvalue weighted by Gasteiger charge is -2.34. The number of rotatable bonds is 9. The summed E-state index contributed by atoms with van der Waals surface area (Å²) in [5.74, 6) is -2.49. The Morgan fingerprint density at radius 3 is 2.34 bits per heavy atom. The van der Waals surface area contributed by atoms with Crippen molar-refractivity contribution in [1.82, 2.24) is 14.6 Å². The molecule has 1 aliphatic heterocycles. The van der Waals surface area contributed by atoms with Crippen molar-refractivity contribution in [2.75, 3.05) is 11.9 Å². The topological polar surface area (TPSA) is 146 Å². The Balaban J connectivity index is 1.47. The normalized spacial score (nSPS) is 18.0. The van der Waals surface area contributed by atoms with Crippen molar-refractivity contribution in [2.24, 2.45) is 0 Å². The van der Waals surface area contributed by atoms with Crippen molar-refractivity contribution >= 4 is 68.3 Å². The van der Waals surface area contributed by atoms with Crippen LogP contribution in [-0.2, 0) is 26.0 Å². The molecule has 0 radical (unpaired) electrons. The molecule has 3 N–H and O–H groups in total. The predicted molar refractivity (Wildman–Crippen MR) is 155 cm³/mol. The van der Waals surface area contributed by atoms with E-state index in [0.29, 0.717) is 17.7 Å². The number of benzene rings is 2. The Hall–Kier alpha value is -3.22. The first-order valence-corrected chi connectivity index (χ1v) is 14.9. The zero-order valence-electron chi connectivity index (χ0n) is 21.6. The third-order valence-corrected chi connectivity index (χ3v) is 9.52. The van der Waals surface area contributed by atoms with Crippen LogP contribution in [0.25, 0.3) is 0 Å². The third-order valence-electron chi connectivity index (χ3n) is 6.76. The van der Waals surface area contributed by atoms with Gasteiger partial charge in [-0.3, -0.25) is 14.6 Å². The lowest BCUT2D eigenvalue weighted by Crippen LogP contribution is -2.58. The predicted octanol–water partition coefficient (Wildman–Crippen LogP) is 4.65. The second kappa shape index (κ2) is 12.3. The standard InChI is InChI=1S/C27H25Cl3N4O6S/c1-27(8-2-10-34(27)41(39,40)20-13-17(28)12-18(29)14-20)26(38)33-23(25(36)37)11-16-3-5-19(6-4-16)32-24(35)21-15-31-9-7-22(21)30/h3-7,9,12-15,23H,2,8,10-11H2,1H3,(H,32,35)(H,33,38)(H,36,37)/t23-,27-/m0/s1. The molecular formula is C27H25Cl3N4O6S. The van der Waals surface area contributed by atoms with Crippen molar-refractivity contribution in [3.8, 4) is 0 Å². The summed E-state index contributed by atoms with van der Waals surface area (Å²) in [6.45, 7) is 1.52. The van der Waals surface area contributed by atoms with Gasteiger partial charge in [0, 0.05) is 41.1 Å². The van der Waals surface area contributed by atoms with Gasteiger partial charge >= 0.3 is 5.97 Å². The van der Waals surface area contributed by atoms with E-state index in [0.717, 1.165) is 4.31 Å². The number of pyridine rings is 1. The molecule has 41 heavy (non-hydrogen) atoms. The highest BCUT2D eigenvalue weighted by Crippen LogP contribution is 2.36. The first-order valence-electron chi connectivity index (χ1n) is 12.3. The zero-order valence-corrected chi connectivity index (χ0v) is 24.7. The number of aromatic nitrogens is 1. The maximum Gasteiger partial charge on any atom is 0.326 e. The number of hydrogen-bond acceptors (Lipinski definition) is 6. The third kappa shape index (κ3) is 6.82. The van der Waals surface area contributed by atoms with E-state index in [1.165, 1.54) is 43.6 Å². The lowest BCUT2D eigenvalue weighted by molar-refractivity contribution is -0.143. The number of nitrogens with one attached hydrogen (secondary N) is 2. The number of halogens is 3. The number of carbonyl (C=O) groups excluding carboxylic acids is 2. The van der Waals surface area contributed by atoms with Crippen LogP contribution in [0.3, 0.4) is 0 Å². The number of carbonyl (C=O) groups is 3. The van der Waals surface area contributed by atoms with Crippen molar-refractivity contribution in [1.29, 1.82) is 0 Å². The summed E-state index contributed by atoms with van der Waals surface area (Å²) in [4.78, 5) is 41.7. The van der Waals surface area contributed by atoms with Crippen LogP contribution in [0.1, 0.15) is 35.7 Å². The number of carboxylic acid groups (broad SMARTS) is 1. The summed E-state index contributed by atoms with van der Waals surface area (Å²) in [6.07, 6.45) is 3.30. The Kier molecular flexibility index (Phi) is 9.25. The number of nitrogens with zero attached hydrogens (tertiary/aromatic N) is 2. The van der Waals surface area contributed by atoms with Gasteiger partial charge < -0.3 is 15.7 Å². The van der Waals surface area contributed by atoms with Crippen LogP contribution >= 0.6 is 34.8 Å². The van der Waals surface area contributed by atoms with Crippen molar-refractivity contribution < 1.29 is 27.9 Å². The quantitative estimate of drug-likeness (QED) is 0.309. The highest BCUT2D eigenvalue weighted by Gasteiger charge is 2.50. The SMILES string of the molecule is C[C@@]1(C(=O)N[C@@H](Cc2ccc(NC(=O)c3cnccc3Cl)cc2)C(=O)O)CCCN1S(=O)(=O)c1cc(Cl)cc(Cl)c1. The second-order valence-corrected chi connectivity index (χ2v) is 12.8. The second-order valence-electron chi connectivity index (χ2n) is 9.63. The molecule has 2 heterocycles. The molecule has 1 saturated heterocycles. The summed E-state index contributed by atoms with van der Waals surface area (Å²) in [5, 5.41) is 15.5. The summed E-state index contributed by atoms with van der Waals surface area (Å²) < 4.78 is 28.0. The van der Waals surface area contributed by atoms with E-state index >= 15 is 0 Å². The molecule has 2 atom stereocenters. The molecule has 1 aromatic heterocycles. The van der Waals surface area contributed by atoms with Crippen LogP contribution in [0.2, 0.25) is 15.1 Å². The van der Waals surface area contributed by atoms with Gasteiger partial charge in [0.1, 0.15) is 11.6 Å². The molecule has 0 saturated carbocycles. The van der Waals surface area contributed by atoms with Gasteiger partial charge in [-0.05, 0) is 61.7 Å². The molecule has 216 valence electrons. The van der Waals surface area contributed by atoms with E-state index in [1.54, 1.807) is 24.3 Å². The average Bonchev–Trinajstić information content (AvgIpc) is 3.32. The van der Waals surface area contributed by atoms with E-state index < -0.39 is 39.4 Å². The maximum absolute atomic E-state index is 13.5. The molecule has 14 heteroatoms. The average molecular weight is 640 g/mol. The highest BCUT2D eigenvalue weighted by molar-refractivity contribution is 7.89. The number of hydrogen-bond donors (Lipinski definition) is 3. The minimum Gasteiger partial charge on any atom is -0.480 e. The van der Waals surface area contributed by atoms with E-state index in [4.69, 9.17) is 34.8 Å². The first-order chi connectivity index (χ1) is 19.3. The molecule has 10 nitrogen and oxygen atoms in total. The highest BCUT2D eigenvalue weighted by atomic mass is 35.5. The van der Waals surface area contributed by atoms with Crippen molar-refractivity contribution in [3.63, 3.8) is 0 Å². The molecule has 2 aromatic carbocycles. The van der Waals surface area contributed by atoms with Crippen LogP contribution in [0.5, 0.6) is 0 Å². The van der Waals surface area contributed by atoms with E-state index in [1.807, 2.05) is 0 Å². The van der Waals surface area contributed by atoms with Gasteiger partial charge in [-0.15, -0.1) is 0 Å². The van der Waals surface area contributed by atoms with Gasteiger partial charge in [-0.1, -0.05) is 46.9 Å². The first kappa shape index (κ1) is 30.7. The molecule has 2 amide bonds. The molecule has 0 aliphatic carbocycles. The minimum absolute atomic E-state index is 0.0611. The van der Waals surface area contributed by atoms with Crippen LogP contribution in [0.4, 0.5) is 5.69 Å². The van der Waals surface area contributed by atoms with Gasteiger partial charge in [0.25, 0.3) is 5.91 Å². The fraction of sp³-hybridized carbons (Fsp3) is 0.259. The van der Waals surface area contributed by atoms with Crippen LogP contribution in [-0.4, -0.2) is 58.7 Å². The number of aliphatic carboxylic acids is 1. The van der Waals surface area contributed by atoms with Crippen LogP contribution in [0, 0.1) is 0 Å². The summed E-state index contributed by atoms with van der Waals surface area (Å²) >= 11 is 18.0. The van der Waals surface area contributed by atoms with Gasteiger partial charge in [-0.2, -0.15) is 4.31 Å². The largest absolute Gasteiger partial charge is 0.480 e. The van der Waals surface area contributed by atoms with Crippen LogP contribution in [0.15, 0.2) is 65.8 Å². The Morgan fingerprint density at radius 2 is 1.73 bits per heavy atom. The molecule has 0 bridgehead atoms. The van der Waals surface area contributed by atoms with E-state index in [2.05, 4.69) is 15.6 Å². The number of carboxylic acids is 1. The fourth-order valence-corrected chi connectivity index (χ4v) is 7.30. The molecule has 4 rings (SSSR count). The van der Waals surface area contributed by atoms with E-state index in [9.17, 15) is 27.9 Å². The molecule has 0 unspecified atom stereocenters. The van der Waals surface area contributed by atoms with Gasteiger partial charge in [-0.25, -0.2) is 13.2 Å². The number of amides is 2. The zero-order chi connectivity index (χ0) is 29.9. The summed E-state index contributed by atoms with van der Waals surface area (Å²) in [5.41, 5.74) is -0.343. The smallest absolute Gasteiger partial charge is 0.326 e. The molecule has 0 spiro atoms. The summed E-state index contributed by atoms with van der Waals surface area (Å²) in [7, 11) is -4.18. The van der Waals surface area contributed by atoms with Crippen molar-refractivity contribution in [3.05, 3.63) is 87.1 Å². The van der Waals surface area contributed by atoms with Gasteiger partial charge in [0.05, 0.1) is 15.5 Å². The summed E-state index contributed by atoms with van der Waals surface area (Å²) in [6, 6.07) is 10.4. The van der Waals surface area contributed by atoms with Crippen molar-refractivity contribution in [2.45, 2.75) is 42.7 Å². The molecule has 3 aromatic rings. The number of anilines is 1. The van der Waals surface area contributed by atoms with Gasteiger partial charge in [0.15, 0.2) is 0 Å². The molecular weight excluding hydrogens is 615 g/mol. The van der Waals surface area contributed by atoms with Crippen LogP contribution < -0.4 is 10.6 Å². The fourth-order valence-electron chi connectivity index (χ4n) is 4.57. The maximum atomic E-state index is 13.5. The monoisotopic (exact) mass is 638 g/mol.